The van der Waals surface area contributed by atoms with E-state index in [0.29, 0.717) is 5.75 Å². The summed E-state index contributed by atoms with van der Waals surface area (Å²) in [5.74, 6) is 0.469. The number of pyridine rings is 1. The Labute approximate surface area is 115 Å². The zero-order valence-corrected chi connectivity index (χ0v) is 12.9. The summed E-state index contributed by atoms with van der Waals surface area (Å²) in [5, 5.41) is 2.87. The fourth-order valence-electron chi connectivity index (χ4n) is 1.13. The lowest BCUT2D eigenvalue weighted by atomic mass is 10.3. The van der Waals surface area contributed by atoms with Gasteiger partial charge in [0.25, 0.3) is 0 Å². The smallest absolute Gasteiger partial charge is 0.234 e. The van der Waals surface area contributed by atoms with Gasteiger partial charge in [-0.05, 0) is 35.0 Å². The van der Waals surface area contributed by atoms with E-state index < -0.39 is 0 Å². The van der Waals surface area contributed by atoms with E-state index in [2.05, 4.69) is 47.0 Å². The molecule has 1 aromatic rings. The first-order valence-electron chi connectivity index (χ1n) is 5.35. The molecule has 0 saturated heterocycles. The van der Waals surface area contributed by atoms with Gasteiger partial charge in [-0.15, -0.1) is 11.8 Å². The van der Waals surface area contributed by atoms with Gasteiger partial charge in [0, 0.05) is 4.75 Å². The minimum Gasteiger partial charge on any atom is -0.324 e. The molecule has 0 aromatic carbocycles. The summed E-state index contributed by atoms with van der Waals surface area (Å²) in [6.07, 6.45) is 0. The number of rotatable bonds is 3. The summed E-state index contributed by atoms with van der Waals surface area (Å²) >= 11 is 4.92. The van der Waals surface area contributed by atoms with Crippen LogP contribution in [0.5, 0.6) is 0 Å². The van der Waals surface area contributed by atoms with Crippen LogP contribution in [0, 0.1) is 6.92 Å². The fraction of sp³-hybridized carbons (Fsp3) is 0.500. The summed E-state index contributed by atoms with van der Waals surface area (Å²) in [6, 6.07) is 3.67. The Balaban J connectivity index is 2.57. The average molecular weight is 317 g/mol. The van der Waals surface area contributed by atoms with Gasteiger partial charge in [0.05, 0.1) is 17.1 Å². The molecular formula is C12H17BrN2OS. The van der Waals surface area contributed by atoms with Crippen LogP contribution in [0.25, 0.3) is 0 Å². The van der Waals surface area contributed by atoms with Crippen LogP contribution in [0.4, 0.5) is 5.69 Å². The molecule has 0 atom stereocenters. The van der Waals surface area contributed by atoms with E-state index in [1.807, 2.05) is 19.1 Å². The molecule has 17 heavy (non-hydrogen) atoms. The second kappa shape index (κ2) is 5.87. The Morgan fingerprint density at radius 2 is 2.12 bits per heavy atom. The van der Waals surface area contributed by atoms with Crippen molar-refractivity contribution in [3.05, 3.63) is 22.4 Å². The van der Waals surface area contributed by atoms with E-state index in [9.17, 15) is 4.79 Å². The number of carbonyl (C=O) groups is 1. The molecular weight excluding hydrogens is 300 g/mol. The van der Waals surface area contributed by atoms with Crippen LogP contribution < -0.4 is 5.32 Å². The van der Waals surface area contributed by atoms with Crippen molar-refractivity contribution in [2.45, 2.75) is 32.4 Å². The molecule has 1 heterocycles. The number of carbonyl (C=O) groups excluding carboxylic acids is 1. The molecule has 0 fully saturated rings. The van der Waals surface area contributed by atoms with E-state index >= 15 is 0 Å². The molecule has 0 aliphatic heterocycles. The highest BCUT2D eigenvalue weighted by Gasteiger charge is 2.14. The first kappa shape index (κ1) is 14.5. The molecule has 0 saturated carbocycles. The third kappa shape index (κ3) is 5.55. The highest BCUT2D eigenvalue weighted by atomic mass is 79.9. The Kier molecular flexibility index (Phi) is 5.01. The molecule has 0 unspecified atom stereocenters. The van der Waals surface area contributed by atoms with Gasteiger partial charge in [0.2, 0.25) is 5.91 Å². The first-order valence-corrected chi connectivity index (χ1v) is 7.13. The highest BCUT2D eigenvalue weighted by Crippen LogP contribution is 2.23. The lowest BCUT2D eigenvalue weighted by Crippen LogP contribution is -2.19. The van der Waals surface area contributed by atoms with E-state index in [4.69, 9.17) is 0 Å². The third-order valence-electron chi connectivity index (χ3n) is 1.96. The van der Waals surface area contributed by atoms with Gasteiger partial charge in [-0.2, -0.15) is 0 Å². The van der Waals surface area contributed by atoms with Gasteiger partial charge >= 0.3 is 0 Å². The largest absolute Gasteiger partial charge is 0.324 e. The molecule has 1 rings (SSSR count). The van der Waals surface area contributed by atoms with Gasteiger partial charge in [0.15, 0.2) is 0 Å². The van der Waals surface area contributed by atoms with Crippen molar-refractivity contribution in [1.29, 1.82) is 0 Å². The quantitative estimate of drug-likeness (QED) is 0.866. The predicted octanol–water partition coefficient (Wildman–Crippen LogP) is 3.62. The van der Waals surface area contributed by atoms with Gasteiger partial charge in [0.1, 0.15) is 4.60 Å². The van der Waals surface area contributed by atoms with Crippen LogP contribution in [0.3, 0.4) is 0 Å². The Hall–Kier alpha value is -0.550. The standard InChI is InChI=1S/C12H17BrN2OS/c1-8-9(5-6-10(13)14-8)15-11(16)7-17-12(2,3)4/h5-6H,7H2,1-4H3,(H,15,16). The molecule has 1 aromatic heterocycles. The maximum Gasteiger partial charge on any atom is 0.234 e. The minimum atomic E-state index is 0.0112. The van der Waals surface area contributed by atoms with Crippen molar-refractivity contribution in [2.75, 3.05) is 11.1 Å². The molecule has 1 amide bonds. The van der Waals surface area contributed by atoms with Crippen molar-refractivity contribution in [2.24, 2.45) is 0 Å². The SMILES string of the molecule is Cc1nc(Br)ccc1NC(=O)CSC(C)(C)C. The third-order valence-corrected chi connectivity index (χ3v) is 3.68. The van der Waals surface area contributed by atoms with Crippen LogP contribution in [0.15, 0.2) is 16.7 Å². The zero-order chi connectivity index (χ0) is 13.1. The molecule has 94 valence electrons. The average Bonchev–Trinajstić information content (AvgIpc) is 2.18. The van der Waals surface area contributed by atoms with E-state index in [1.165, 1.54) is 0 Å². The monoisotopic (exact) mass is 316 g/mol. The number of nitrogens with zero attached hydrogens (tertiary/aromatic N) is 1. The number of halogens is 1. The summed E-state index contributed by atoms with van der Waals surface area (Å²) in [6.45, 7) is 8.16. The Morgan fingerprint density at radius 1 is 1.47 bits per heavy atom. The number of aryl methyl sites for hydroxylation is 1. The van der Waals surface area contributed by atoms with Crippen LogP contribution >= 0.6 is 27.7 Å². The number of hydrogen-bond donors (Lipinski definition) is 1. The number of amides is 1. The van der Waals surface area contributed by atoms with Crippen LogP contribution in [0.1, 0.15) is 26.5 Å². The van der Waals surface area contributed by atoms with Crippen molar-refractivity contribution < 1.29 is 4.79 Å². The summed E-state index contributed by atoms with van der Waals surface area (Å²) in [4.78, 5) is 16.0. The maximum absolute atomic E-state index is 11.7. The lowest BCUT2D eigenvalue weighted by Gasteiger charge is -2.17. The summed E-state index contributed by atoms with van der Waals surface area (Å²) in [7, 11) is 0. The first-order chi connectivity index (χ1) is 7.78. The minimum absolute atomic E-state index is 0.0112. The predicted molar refractivity (Wildman–Crippen MR) is 77.5 cm³/mol. The van der Waals surface area contributed by atoms with Crippen molar-refractivity contribution in [3.63, 3.8) is 0 Å². The lowest BCUT2D eigenvalue weighted by molar-refractivity contribution is -0.113. The van der Waals surface area contributed by atoms with Crippen LogP contribution in [-0.2, 0) is 4.79 Å². The van der Waals surface area contributed by atoms with Gasteiger partial charge in [-0.1, -0.05) is 20.8 Å². The van der Waals surface area contributed by atoms with Crippen molar-refractivity contribution in [1.82, 2.24) is 4.98 Å². The second-order valence-corrected chi connectivity index (χ2v) is 7.33. The molecule has 3 nitrogen and oxygen atoms in total. The number of thioether (sulfide) groups is 1. The van der Waals surface area contributed by atoms with Gasteiger partial charge < -0.3 is 5.32 Å². The Bertz CT molecular complexity index is 415. The number of hydrogen-bond acceptors (Lipinski definition) is 3. The highest BCUT2D eigenvalue weighted by molar-refractivity contribution is 9.10. The van der Waals surface area contributed by atoms with Crippen LogP contribution in [0.2, 0.25) is 0 Å². The molecule has 0 spiro atoms. The summed E-state index contributed by atoms with van der Waals surface area (Å²) in [5.41, 5.74) is 1.58. The molecule has 0 bridgehead atoms. The number of aromatic nitrogens is 1. The van der Waals surface area contributed by atoms with E-state index in [1.54, 1.807) is 11.8 Å². The maximum atomic E-state index is 11.7. The zero-order valence-electron chi connectivity index (χ0n) is 10.5. The Morgan fingerprint density at radius 3 is 2.65 bits per heavy atom. The van der Waals surface area contributed by atoms with Gasteiger partial charge in [-0.3, -0.25) is 4.79 Å². The summed E-state index contributed by atoms with van der Waals surface area (Å²) < 4.78 is 0.877. The molecule has 1 N–H and O–H groups in total. The fourth-order valence-corrected chi connectivity index (χ4v) is 2.17. The van der Waals surface area contributed by atoms with E-state index in [-0.39, 0.29) is 10.7 Å². The van der Waals surface area contributed by atoms with Gasteiger partial charge in [-0.25, -0.2) is 4.98 Å². The molecule has 0 aliphatic rings. The molecule has 0 aliphatic carbocycles. The molecule has 5 heteroatoms. The molecule has 0 radical (unpaired) electrons. The topological polar surface area (TPSA) is 42.0 Å². The van der Waals surface area contributed by atoms with Crippen molar-refractivity contribution >= 4 is 39.3 Å². The second-order valence-electron chi connectivity index (χ2n) is 4.72. The van der Waals surface area contributed by atoms with Crippen molar-refractivity contribution in [3.8, 4) is 0 Å². The number of nitrogens with one attached hydrogen (secondary N) is 1. The van der Waals surface area contributed by atoms with Crippen LogP contribution in [-0.4, -0.2) is 21.4 Å². The van der Waals surface area contributed by atoms with E-state index in [0.717, 1.165) is 16.0 Å². The normalized spacial score (nSPS) is 11.4. The number of anilines is 1.